The molecule has 0 aliphatic heterocycles. The summed E-state index contributed by atoms with van der Waals surface area (Å²) in [5, 5.41) is 0.918. The van der Waals surface area contributed by atoms with Gasteiger partial charge in [0.05, 0.1) is 5.69 Å². The molecule has 0 aliphatic rings. The van der Waals surface area contributed by atoms with Gasteiger partial charge < -0.3 is 0 Å². The first-order valence-corrected chi connectivity index (χ1v) is 5.53. The number of nitrogens with zero attached hydrogens (tertiary/aromatic N) is 1. The molecule has 0 unspecified atom stereocenters. The number of pyridine rings is 1. The van der Waals surface area contributed by atoms with Crippen LogP contribution in [0.2, 0.25) is 0 Å². The van der Waals surface area contributed by atoms with Crippen molar-refractivity contribution in [2.75, 3.05) is 5.33 Å². The molecule has 0 N–H and O–H groups in total. The summed E-state index contributed by atoms with van der Waals surface area (Å²) in [6.45, 7) is 4.38. The van der Waals surface area contributed by atoms with Crippen LogP contribution in [0.4, 0.5) is 0 Å². The summed E-state index contributed by atoms with van der Waals surface area (Å²) in [5.41, 5.74) is 2.41. The highest BCUT2D eigenvalue weighted by atomic mass is 79.9. The monoisotopic (exact) mass is 239 g/mol. The van der Waals surface area contributed by atoms with Crippen LogP contribution >= 0.6 is 15.9 Å². The van der Waals surface area contributed by atoms with Crippen LogP contribution in [0.1, 0.15) is 19.5 Å². The van der Waals surface area contributed by atoms with Gasteiger partial charge >= 0.3 is 0 Å². The van der Waals surface area contributed by atoms with Gasteiger partial charge in [-0.2, -0.15) is 0 Å². The number of rotatable bonds is 3. The van der Waals surface area contributed by atoms with Gasteiger partial charge in [0.2, 0.25) is 0 Å². The molecule has 13 heavy (non-hydrogen) atoms. The molecule has 1 nitrogen and oxygen atoms in total. The average Bonchev–Trinajstić information content (AvgIpc) is 2.15. The number of allylic oxidation sites excluding steroid dienone is 1. The Bertz CT molecular complexity index is 277. The quantitative estimate of drug-likeness (QED) is 0.736. The zero-order chi connectivity index (χ0) is 9.68. The lowest BCUT2D eigenvalue weighted by Crippen LogP contribution is -1.95. The molecule has 0 aliphatic carbocycles. The second kappa shape index (κ2) is 5.18. The Morgan fingerprint density at radius 3 is 2.77 bits per heavy atom. The van der Waals surface area contributed by atoms with Crippen molar-refractivity contribution in [1.82, 2.24) is 4.98 Å². The lowest BCUT2D eigenvalue weighted by atomic mass is 10.0. The molecule has 0 fully saturated rings. The highest BCUT2D eigenvalue weighted by Gasteiger charge is 2.01. The third kappa shape index (κ3) is 3.31. The van der Waals surface area contributed by atoms with Crippen molar-refractivity contribution in [2.24, 2.45) is 5.92 Å². The molecule has 0 atom stereocenters. The predicted octanol–water partition coefficient (Wildman–Crippen LogP) is 3.52. The molecule has 1 aromatic rings. The Morgan fingerprint density at radius 2 is 2.31 bits per heavy atom. The lowest BCUT2D eigenvalue weighted by Gasteiger charge is -2.06. The van der Waals surface area contributed by atoms with Gasteiger partial charge in [0.15, 0.2) is 0 Å². The van der Waals surface area contributed by atoms with Crippen LogP contribution in [0.25, 0.3) is 6.08 Å². The Balaban J connectivity index is 2.85. The Labute approximate surface area is 88.0 Å². The van der Waals surface area contributed by atoms with Crippen molar-refractivity contribution in [3.05, 3.63) is 35.7 Å². The summed E-state index contributed by atoms with van der Waals surface area (Å²) in [5.74, 6) is 0.571. The first-order chi connectivity index (χ1) is 6.24. The van der Waals surface area contributed by atoms with Crippen molar-refractivity contribution >= 4 is 22.0 Å². The van der Waals surface area contributed by atoms with E-state index in [0.717, 1.165) is 11.0 Å². The van der Waals surface area contributed by atoms with E-state index in [1.165, 1.54) is 5.57 Å². The second-order valence-corrected chi connectivity index (χ2v) is 3.82. The highest BCUT2D eigenvalue weighted by Crippen LogP contribution is 2.15. The van der Waals surface area contributed by atoms with E-state index in [2.05, 4.69) is 40.8 Å². The third-order valence-electron chi connectivity index (χ3n) is 1.92. The molecule has 2 heteroatoms. The molecule has 0 saturated heterocycles. The zero-order valence-electron chi connectivity index (χ0n) is 8.00. The van der Waals surface area contributed by atoms with Crippen molar-refractivity contribution in [2.45, 2.75) is 13.8 Å². The Morgan fingerprint density at radius 1 is 1.54 bits per heavy atom. The van der Waals surface area contributed by atoms with Crippen LogP contribution in [0, 0.1) is 5.92 Å². The van der Waals surface area contributed by atoms with E-state index < -0.39 is 0 Å². The van der Waals surface area contributed by atoms with Crippen LogP contribution in [-0.2, 0) is 0 Å². The van der Waals surface area contributed by atoms with Gasteiger partial charge in [0.1, 0.15) is 0 Å². The van der Waals surface area contributed by atoms with Crippen molar-refractivity contribution < 1.29 is 0 Å². The maximum Gasteiger partial charge on any atom is 0.0629 e. The molecule has 70 valence electrons. The lowest BCUT2D eigenvalue weighted by molar-refractivity contribution is 0.780. The molecule has 1 aromatic heterocycles. The topological polar surface area (TPSA) is 12.9 Å². The number of alkyl halides is 1. The van der Waals surface area contributed by atoms with Gasteiger partial charge in [-0.05, 0) is 24.1 Å². The van der Waals surface area contributed by atoms with E-state index in [1.807, 2.05) is 24.4 Å². The van der Waals surface area contributed by atoms with Crippen LogP contribution in [0.15, 0.2) is 30.0 Å². The van der Waals surface area contributed by atoms with Crippen LogP contribution in [-0.4, -0.2) is 10.3 Å². The molecular formula is C11H14BrN. The normalized spacial score (nSPS) is 12.2. The zero-order valence-corrected chi connectivity index (χ0v) is 9.58. The standard InChI is InChI=1S/C11H14BrN/c1-9(2)10(8-12)7-11-5-3-4-6-13-11/h3-7,9H,8H2,1-2H3. The molecule has 0 bridgehead atoms. The number of aromatic nitrogens is 1. The summed E-state index contributed by atoms with van der Waals surface area (Å²) in [6, 6.07) is 5.95. The largest absolute Gasteiger partial charge is 0.257 e. The van der Waals surface area contributed by atoms with Crippen molar-refractivity contribution in [3.63, 3.8) is 0 Å². The molecule has 0 spiro atoms. The minimum atomic E-state index is 0.571. The number of hydrogen-bond donors (Lipinski definition) is 0. The van der Waals surface area contributed by atoms with E-state index >= 15 is 0 Å². The molecule has 1 heterocycles. The minimum Gasteiger partial charge on any atom is -0.257 e. The SMILES string of the molecule is CC(C)C(=Cc1ccccn1)CBr. The van der Waals surface area contributed by atoms with Gasteiger partial charge in [0.25, 0.3) is 0 Å². The highest BCUT2D eigenvalue weighted by molar-refractivity contribution is 9.09. The van der Waals surface area contributed by atoms with Crippen molar-refractivity contribution in [1.29, 1.82) is 0 Å². The number of hydrogen-bond acceptors (Lipinski definition) is 1. The van der Waals surface area contributed by atoms with E-state index in [4.69, 9.17) is 0 Å². The van der Waals surface area contributed by atoms with E-state index in [1.54, 1.807) is 0 Å². The van der Waals surface area contributed by atoms with Crippen molar-refractivity contribution in [3.8, 4) is 0 Å². The molecule has 0 radical (unpaired) electrons. The van der Waals surface area contributed by atoms with E-state index in [-0.39, 0.29) is 0 Å². The maximum atomic E-state index is 4.25. The smallest absolute Gasteiger partial charge is 0.0629 e. The Hall–Kier alpha value is -0.630. The van der Waals surface area contributed by atoms with Gasteiger partial charge in [-0.25, -0.2) is 0 Å². The summed E-state index contributed by atoms with van der Waals surface area (Å²) in [6.07, 6.45) is 3.96. The van der Waals surface area contributed by atoms with Crippen LogP contribution in [0.5, 0.6) is 0 Å². The average molecular weight is 240 g/mol. The van der Waals surface area contributed by atoms with Crippen LogP contribution in [0.3, 0.4) is 0 Å². The fourth-order valence-corrected chi connectivity index (χ4v) is 1.82. The molecule has 0 saturated carbocycles. The maximum absolute atomic E-state index is 4.25. The first-order valence-electron chi connectivity index (χ1n) is 4.41. The Kier molecular flexibility index (Phi) is 4.16. The predicted molar refractivity (Wildman–Crippen MR) is 60.8 cm³/mol. The minimum absolute atomic E-state index is 0.571. The van der Waals surface area contributed by atoms with Gasteiger partial charge in [0, 0.05) is 11.5 Å². The fraction of sp³-hybridized carbons (Fsp3) is 0.364. The third-order valence-corrected chi connectivity index (χ3v) is 2.56. The van der Waals surface area contributed by atoms with Gasteiger partial charge in [-0.3, -0.25) is 4.98 Å². The van der Waals surface area contributed by atoms with Gasteiger partial charge in [-0.1, -0.05) is 41.4 Å². The summed E-state index contributed by atoms with van der Waals surface area (Å²) < 4.78 is 0. The molecule has 0 aromatic carbocycles. The van der Waals surface area contributed by atoms with E-state index in [0.29, 0.717) is 5.92 Å². The number of halogens is 1. The second-order valence-electron chi connectivity index (χ2n) is 3.26. The van der Waals surface area contributed by atoms with Gasteiger partial charge in [-0.15, -0.1) is 0 Å². The summed E-state index contributed by atoms with van der Waals surface area (Å²) in [7, 11) is 0. The fourth-order valence-electron chi connectivity index (χ4n) is 1.01. The molecule has 1 rings (SSSR count). The van der Waals surface area contributed by atoms with E-state index in [9.17, 15) is 0 Å². The summed E-state index contributed by atoms with van der Waals surface area (Å²) in [4.78, 5) is 4.25. The summed E-state index contributed by atoms with van der Waals surface area (Å²) >= 11 is 3.48. The first kappa shape index (κ1) is 10.5. The molecule has 0 amide bonds. The molecular weight excluding hydrogens is 226 g/mol. The van der Waals surface area contributed by atoms with Crippen LogP contribution < -0.4 is 0 Å².